The van der Waals surface area contributed by atoms with Gasteiger partial charge in [-0.05, 0) is 80.4 Å². The van der Waals surface area contributed by atoms with E-state index in [1.165, 1.54) is 16.7 Å². The molecule has 4 nitrogen and oxygen atoms in total. The van der Waals surface area contributed by atoms with Crippen LogP contribution in [0.15, 0.2) is 36.4 Å². The standard InChI is InChI=1S/C19H24O2.C2H7N.C2H6O/c1-4-5-9-21-18-10-14(2)19(15(3)11-18)17-8-6-7-16(12-17)13-20;2*1-3-2/h6-8,10-12,20H,4-5,9,13H2,1-3H3;3H,1-2H3;1-2H3. The van der Waals surface area contributed by atoms with Crippen molar-refractivity contribution in [3.8, 4) is 16.9 Å². The van der Waals surface area contributed by atoms with E-state index in [-0.39, 0.29) is 6.61 Å². The fourth-order valence-electron chi connectivity index (χ4n) is 2.62. The zero-order chi connectivity index (χ0) is 20.7. The summed E-state index contributed by atoms with van der Waals surface area (Å²) in [5.41, 5.74) is 5.73. The van der Waals surface area contributed by atoms with Crippen LogP contribution in [0.2, 0.25) is 0 Å². The summed E-state index contributed by atoms with van der Waals surface area (Å²) in [6.07, 6.45) is 2.22. The van der Waals surface area contributed by atoms with Crippen LogP contribution in [0.5, 0.6) is 5.75 Å². The van der Waals surface area contributed by atoms with Gasteiger partial charge in [0, 0.05) is 14.2 Å². The minimum atomic E-state index is 0.0736. The molecule has 0 aliphatic carbocycles. The Kier molecular flexibility index (Phi) is 14.1. The molecule has 0 heterocycles. The van der Waals surface area contributed by atoms with Crippen LogP contribution in [-0.2, 0) is 11.3 Å². The summed E-state index contributed by atoms with van der Waals surface area (Å²) < 4.78 is 10.1. The zero-order valence-electron chi connectivity index (χ0n) is 18.1. The number of benzene rings is 2. The van der Waals surface area contributed by atoms with E-state index in [0.717, 1.165) is 36.3 Å². The molecular weight excluding hydrogens is 338 g/mol. The maximum absolute atomic E-state index is 9.29. The van der Waals surface area contributed by atoms with Crippen LogP contribution in [0.25, 0.3) is 11.1 Å². The van der Waals surface area contributed by atoms with Crippen LogP contribution in [-0.4, -0.2) is 40.0 Å². The van der Waals surface area contributed by atoms with Crippen molar-refractivity contribution in [2.24, 2.45) is 0 Å². The molecule has 0 spiro atoms. The van der Waals surface area contributed by atoms with Crippen molar-refractivity contribution in [2.75, 3.05) is 34.9 Å². The summed E-state index contributed by atoms with van der Waals surface area (Å²) >= 11 is 0. The number of aliphatic hydroxyl groups is 1. The lowest BCUT2D eigenvalue weighted by Crippen LogP contribution is -1.98. The Labute approximate surface area is 165 Å². The molecule has 152 valence electrons. The molecule has 0 bridgehead atoms. The highest BCUT2D eigenvalue weighted by Gasteiger charge is 2.09. The Morgan fingerprint density at radius 3 is 2.04 bits per heavy atom. The summed E-state index contributed by atoms with van der Waals surface area (Å²) in [7, 11) is 7.00. The van der Waals surface area contributed by atoms with Crippen molar-refractivity contribution in [1.29, 1.82) is 0 Å². The van der Waals surface area contributed by atoms with Crippen LogP contribution in [0.1, 0.15) is 36.5 Å². The zero-order valence-corrected chi connectivity index (χ0v) is 18.1. The summed E-state index contributed by atoms with van der Waals surface area (Å²) in [6, 6.07) is 12.3. The Bertz CT molecular complexity index is 616. The van der Waals surface area contributed by atoms with E-state index in [1.807, 2.05) is 32.3 Å². The number of rotatable bonds is 6. The molecule has 4 heteroatoms. The van der Waals surface area contributed by atoms with E-state index >= 15 is 0 Å². The lowest BCUT2D eigenvalue weighted by Gasteiger charge is -2.14. The van der Waals surface area contributed by atoms with Gasteiger partial charge in [0.2, 0.25) is 0 Å². The van der Waals surface area contributed by atoms with Crippen molar-refractivity contribution in [3.05, 3.63) is 53.1 Å². The fraction of sp³-hybridized carbons (Fsp3) is 0.478. The van der Waals surface area contributed by atoms with E-state index in [4.69, 9.17) is 4.74 Å². The number of ether oxygens (including phenoxy) is 2. The Morgan fingerprint density at radius 2 is 1.56 bits per heavy atom. The van der Waals surface area contributed by atoms with Gasteiger partial charge in [0.1, 0.15) is 5.75 Å². The van der Waals surface area contributed by atoms with E-state index in [2.05, 4.69) is 49.0 Å². The largest absolute Gasteiger partial charge is 0.494 e. The summed E-state index contributed by atoms with van der Waals surface area (Å²) in [4.78, 5) is 0. The SMILES string of the molecule is CCCCOc1cc(C)c(-c2cccc(CO)c2)c(C)c1.CNC.COC. The Morgan fingerprint density at radius 1 is 1.00 bits per heavy atom. The van der Waals surface area contributed by atoms with Crippen molar-refractivity contribution >= 4 is 0 Å². The second-order valence-electron chi connectivity index (χ2n) is 6.40. The Balaban J connectivity index is 0.000000997. The molecule has 0 amide bonds. The molecule has 0 fully saturated rings. The van der Waals surface area contributed by atoms with Crippen LogP contribution < -0.4 is 10.1 Å². The fourth-order valence-corrected chi connectivity index (χ4v) is 2.62. The minimum absolute atomic E-state index is 0.0736. The second kappa shape index (κ2) is 15.2. The van der Waals surface area contributed by atoms with Crippen LogP contribution >= 0.6 is 0 Å². The third-order valence-corrected chi connectivity index (χ3v) is 3.67. The smallest absolute Gasteiger partial charge is 0.119 e. The molecule has 27 heavy (non-hydrogen) atoms. The molecule has 0 aliphatic heterocycles. The van der Waals surface area contributed by atoms with Gasteiger partial charge >= 0.3 is 0 Å². The predicted octanol–water partition coefficient (Wildman–Crippen LogP) is 4.74. The van der Waals surface area contributed by atoms with E-state index in [1.54, 1.807) is 14.2 Å². The number of hydrogen-bond donors (Lipinski definition) is 2. The van der Waals surface area contributed by atoms with Gasteiger partial charge in [-0.2, -0.15) is 0 Å². The van der Waals surface area contributed by atoms with E-state index < -0.39 is 0 Å². The van der Waals surface area contributed by atoms with Crippen LogP contribution in [0.4, 0.5) is 0 Å². The molecule has 2 N–H and O–H groups in total. The average Bonchev–Trinajstić information content (AvgIpc) is 2.63. The third kappa shape index (κ3) is 9.57. The highest BCUT2D eigenvalue weighted by Crippen LogP contribution is 2.31. The maximum atomic E-state index is 9.29. The molecule has 0 unspecified atom stereocenters. The van der Waals surface area contributed by atoms with Gasteiger partial charge < -0.3 is 19.9 Å². The number of aryl methyl sites for hydroxylation is 2. The maximum Gasteiger partial charge on any atom is 0.119 e. The molecule has 0 radical (unpaired) electrons. The highest BCUT2D eigenvalue weighted by molar-refractivity contribution is 5.72. The highest BCUT2D eigenvalue weighted by atomic mass is 16.5. The summed E-state index contributed by atoms with van der Waals surface area (Å²) in [5.74, 6) is 0.945. The van der Waals surface area contributed by atoms with Gasteiger partial charge in [0.05, 0.1) is 13.2 Å². The van der Waals surface area contributed by atoms with Gasteiger partial charge in [-0.1, -0.05) is 31.5 Å². The van der Waals surface area contributed by atoms with Crippen LogP contribution in [0, 0.1) is 13.8 Å². The van der Waals surface area contributed by atoms with E-state index in [0.29, 0.717) is 0 Å². The average molecular weight is 376 g/mol. The van der Waals surface area contributed by atoms with E-state index in [9.17, 15) is 5.11 Å². The van der Waals surface area contributed by atoms with Gasteiger partial charge in [-0.15, -0.1) is 0 Å². The predicted molar refractivity (Wildman–Crippen MR) is 116 cm³/mol. The van der Waals surface area contributed by atoms with Crippen molar-refractivity contribution in [1.82, 2.24) is 5.32 Å². The number of hydrogen-bond acceptors (Lipinski definition) is 4. The van der Waals surface area contributed by atoms with Gasteiger partial charge in [0.25, 0.3) is 0 Å². The number of unbranched alkanes of at least 4 members (excludes halogenated alkanes) is 1. The normalized spacial score (nSPS) is 9.63. The van der Waals surface area contributed by atoms with Gasteiger partial charge in [0.15, 0.2) is 0 Å². The third-order valence-electron chi connectivity index (χ3n) is 3.67. The molecule has 0 aromatic heterocycles. The summed E-state index contributed by atoms with van der Waals surface area (Å²) in [5, 5.41) is 12.0. The lowest BCUT2D eigenvalue weighted by atomic mass is 9.94. The number of methoxy groups -OCH3 is 1. The Hall–Kier alpha value is -1.88. The number of nitrogens with one attached hydrogen (secondary N) is 1. The molecule has 0 saturated heterocycles. The minimum Gasteiger partial charge on any atom is -0.494 e. The monoisotopic (exact) mass is 375 g/mol. The quantitative estimate of drug-likeness (QED) is 0.716. The molecule has 2 aromatic carbocycles. The van der Waals surface area contributed by atoms with Crippen LogP contribution in [0.3, 0.4) is 0 Å². The molecular formula is C23H37NO3. The first-order valence-corrected chi connectivity index (χ1v) is 9.41. The first-order valence-electron chi connectivity index (χ1n) is 9.41. The molecule has 0 aliphatic rings. The van der Waals surface area contributed by atoms with Gasteiger partial charge in [-0.25, -0.2) is 0 Å². The van der Waals surface area contributed by atoms with Gasteiger partial charge in [-0.3, -0.25) is 0 Å². The second-order valence-corrected chi connectivity index (χ2v) is 6.40. The van der Waals surface area contributed by atoms with Crippen molar-refractivity contribution < 1.29 is 14.6 Å². The first-order chi connectivity index (χ1) is 13.0. The molecule has 0 saturated carbocycles. The topological polar surface area (TPSA) is 50.7 Å². The van der Waals surface area contributed by atoms with Crippen molar-refractivity contribution in [3.63, 3.8) is 0 Å². The summed E-state index contributed by atoms with van der Waals surface area (Å²) in [6.45, 7) is 7.23. The molecule has 2 aromatic rings. The molecule has 0 atom stereocenters. The lowest BCUT2D eigenvalue weighted by molar-refractivity contribution is 0.277. The first kappa shape index (κ1) is 25.1. The van der Waals surface area contributed by atoms with Crippen molar-refractivity contribution in [2.45, 2.75) is 40.2 Å². The number of aliphatic hydroxyl groups excluding tert-OH is 1. The molecule has 2 rings (SSSR count).